The summed E-state index contributed by atoms with van der Waals surface area (Å²) in [5, 5.41) is 14.4. The van der Waals surface area contributed by atoms with E-state index in [0.29, 0.717) is 11.6 Å². The highest BCUT2D eigenvalue weighted by Crippen LogP contribution is 2.23. The van der Waals surface area contributed by atoms with E-state index in [1.807, 2.05) is 11.0 Å². The van der Waals surface area contributed by atoms with Crippen molar-refractivity contribution in [3.63, 3.8) is 0 Å². The Morgan fingerprint density at radius 3 is 2.72 bits per heavy atom. The van der Waals surface area contributed by atoms with Crippen LogP contribution in [0, 0.1) is 17.0 Å². The molecule has 1 atom stereocenters. The predicted octanol–water partition coefficient (Wildman–Crippen LogP) is 1.37. The van der Waals surface area contributed by atoms with Gasteiger partial charge in [0.1, 0.15) is 0 Å². The monoisotopic (exact) mass is 368 g/mol. The largest absolute Gasteiger partial charge is 0.341 e. The normalized spacial score (nSPS) is 21.0. The first-order valence-electron chi connectivity index (χ1n) is 8.51. The fraction of sp³-hybridized carbons (Fsp3) is 0.588. The molecule has 2 aliphatic heterocycles. The maximum Gasteiger partial charge on any atom is 0.272 e. The summed E-state index contributed by atoms with van der Waals surface area (Å²) in [5.74, 6) is 0.0660. The van der Waals surface area contributed by atoms with Gasteiger partial charge < -0.3 is 10.2 Å². The van der Waals surface area contributed by atoms with E-state index in [9.17, 15) is 14.9 Å². The van der Waals surface area contributed by atoms with E-state index in [1.54, 1.807) is 13.0 Å². The lowest BCUT2D eigenvalue weighted by Gasteiger charge is -2.32. The molecule has 0 aromatic heterocycles. The first kappa shape index (κ1) is 19.6. The number of benzene rings is 1. The molecule has 2 saturated heterocycles. The van der Waals surface area contributed by atoms with Gasteiger partial charge in [0.15, 0.2) is 0 Å². The SMILES string of the molecule is Cc1c(CC(=O)N2CCC(N3CCNCC3)C2)cccc1[N+](=O)[O-].Cl. The lowest BCUT2D eigenvalue weighted by molar-refractivity contribution is -0.385. The highest BCUT2D eigenvalue weighted by Gasteiger charge is 2.31. The molecule has 2 heterocycles. The summed E-state index contributed by atoms with van der Waals surface area (Å²) < 4.78 is 0. The van der Waals surface area contributed by atoms with E-state index in [1.165, 1.54) is 6.07 Å². The third-order valence-electron chi connectivity index (χ3n) is 5.14. The molecule has 0 saturated carbocycles. The average molecular weight is 369 g/mol. The smallest absolute Gasteiger partial charge is 0.272 e. The Balaban J connectivity index is 0.00000225. The van der Waals surface area contributed by atoms with Gasteiger partial charge in [-0.25, -0.2) is 0 Å². The van der Waals surface area contributed by atoms with Crippen LogP contribution in [-0.2, 0) is 11.2 Å². The summed E-state index contributed by atoms with van der Waals surface area (Å²) in [5.41, 5.74) is 1.42. The molecule has 0 spiro atoms. The van der Waals surface area contributed by atoms with Crippen LogP contribution in [0.15, 0.2) is 18.2 Å². The Morgan fingerprint density at radius 2 is 2.04 bits per heavy atom. The number of halogens is 1. The number of hydrogen-bond donors (Lipinski definition) is 1. The third-order valence-corrected chi connectivity index (χ3v) is 5.14. The van der Waals surface area contributed by atoms with Gasteiger partial charge in [-0.3, -0.25) is 19.8 Å². The number of carbonyl (C=O) groups is 1. The Bertz CT molecular complexity index is 634. The molecule has 1 amide bonds. The zero-order valence-corrected chi connectivity index (χ0v) is 15.3. The summed E-state index contributed by atoms with van der Waals surface area (Å²) in [6.07, 6.45) is 1.25. The standard InChI is InChI=1S/C17H24N4O3.ClH/c1-13-14(3-2-4-16(13)21(23)24)11-17(22)20-8-5-15(12-20)19-9-6-18-7-10-19;/h2-4,15,18H,5-12H2,1H3;1H. The van der Waals surface area contributed by atoms with Crippen molar-refractivity contribution in [1.82, 2.24) is 15.1 Å². The Morgan fingerprint density at radius 1 is 1.32 bits per heavy atom. The molecule has 8 heteroatoms. The molecular formula is C17H25ClN4O3. The molecule has 2 aliphatic rings. The van der Waals surface area contributed by atoms with Gasteiger partial charge in [-0.2, -0.15) is 0 Å². The molecule has 1 N–H and O–H groups in total. The van der Waals surface area contributed by atoms with Crippen molar-refractivity contribution in [2.75, 3.05) is 39.3 Å². The average Bonchev–Trinajstić information content (AvgIpc) is 3.07. The van der Waals surface area contributed by atoms with Crippen LogP contribution in [0.2, 0.25) is 0 Å². The molecule has 1 unspecified atom stereocenters. The molecule has 138 valence electrons. The summed E-state index contributed by atoms with van der Waals surface area (Å²) >= 11 is 0. The first-order valence-corrected chi connectivity index (χ1v) is 8.51. The van der Waals surface area contributed by atoms with Crippen LogP contribution in [0.3, 0.4) is 0 Å². The van der Waals surface area contributed by atoms with Gasteiger partial charge in [-0.1, -0.05) is 12.1 Å². The van der Waals surface area contributed by atoms with E-state index in [2.05, 4.69) is 10.2 Å². The summed E-state index contributed by atoms with van der Waals surface area (Å²) in [4.78, 5) is 27.6. The topological polar surface area (TPSA) is 78.7 Å². The number of piperazine rings is 1. The highest BCUT2D eigenvalue weighted by atomic mass is 35.5. The van der Waals surface area contributed by atoms with Crippen molar-refractivity contribution in [2.24, 2.45) is 0 Å². The number of likely N-dealkylation sites (tertiary alicyclic amines) is 1. The van der Waals surface area contributed by atoms with Gasteiger partial charge in [-0.15, -0.1) is 12.4 Å². The molecule has 2 fully saturated rings. The first-order chi connectivity index (χ1) is 11.6. The van der Waals surface area contributed by atoms with Gasteiger partial charge in [0.25, 0.3) is 5.69 Å². The third kappa shape index (κ3) is 4.48. The van der Waals surface area contributed by atoms with Crippen molar-refractivity contribution in [3.05, 3.63) is 39.4 Å². The second-order valence-electron chi connectivity index (χ2n) is 6.56. The molecule has 0 bridgehead atoms. The van der Waals surface area contributed by atoms with E-state index in [0.717, 1.165) is 51.3 Å². The number of nitrogens with one attached hydrogen (secondary N) is 1. The van der Waals surface area contributed by atoms with Gasteiger partial charge in [0, 0.05) is 56.9 Å². The van der Waals surface area contributed by atoms with Gasteiger partial charge in [0.05, 0.1) is 11.3 Å². The van der Waals surface area contributed by atoms with Crippen molar-refractivity contribution in [2.45, 2.75) is 25.8 Å². The van der Waals surface area contributed by atoms with E-state index in [4.69, 9.17) is 0 Å². The van der Waals surface area contributed by atoms with Crippen LogP contribution in [-0.4, -0.2) is 65.9 Å². The Kier molecular flexibility index (Phi) is 6.75. The zero-order valence-electron chi connectivity index (χ0n) is 14.4. The summed E-state index contributed by atoms with van der Waals surface area (Å²) in [6.45, 7) is 7.37. The van der Waals surface area contributed by atoms with Crippen LogP contribution in [0.4, 0.5) is 5.69 Å². The number of rotatable bonds is 4. The summed E-state index contributed by atoms with van der Waals surface area (Å²) in [7, 11) is 0. The van der Waals surface area contributed by atoms with Crippen molar-refractivity contribution < 1.29 is 9.72 Å². The number of nitrogens with zero attached hydrogens (tertiary/aromatic N) is 3. The van der Waals surface area contributed by atoms with E-state index >= 15 is 0 Å². The number of nitro benzene ring substituents is 1. The van der Waals surface area contributed by atoms with Crippen LogP contribution in [0.25, 0.3) is 0 Å². The molecule has 0 radical (unpaired) electrons. The quantitative estimate of drug-likeness (QED) is 0.641. The van der Waals surface area contributed by atoms with Gasteiger partial charge >= 0.3 is 0 Å². The number of amides is 1. The van der Waals surface area contributed by atoms with Crippen LogP contribution >= 0.6 is 12.4 Å². The van der Waals surface area contributed by atoms with Crippen molar-refractivity contribution in [3.8, 4) is 0 Å². The minimum Gasteiger partial charge on any atom is -0.341 e. The molecule has 3 rings (SSSR count). The van der Waals surface area contributed by atoms with Crippen molar-refractivity contribution >= 4 is 24.0 Å². The molecule has 1 aromatic rings. The predicted molar refractivity (Wildman–Crippen MR) is 98.2 cm³/mol. The second kappa shape index (κ2) is 8.60. The maximum atomic E-state index is 12.6. The Hall–Kier alpha value is -1.70. The molecule has 0 aliphatic carbocycles. The fourth-order valence-electron chi connectivity index (χ4n) is 3.65. The van der Waals surface area contributed by atoms with Crippen LogP contribution in [0.1, 0.15) is 17.5 Å². The van der Waals surface area contributed by atoms with E-state index < -0.39 is 0 Å². The minimum absolute atomic E-state index is 0. The lowest BCUT2D eigenvalue weighted by atomic mass is 10.0. The highest BCUT2D eigenvalue weighted by molar-refractivity contribution is 5.85. The van der Waals surface area contributed by atoms with Crippen LogP contribution < -0.4 is 5.32 Å². The summed E-state index contributed by atoms with van der Waals surface area (Å²) in [6, 6.07) is 5.40. The number of carbonyl (C=O) groups excluding carboxylic acids is 1. The molecular weight excluding hydrogens is 344 g/mol. The Labute approximate surface area is 153 Å². The lowest BCUT2D eigenvalue weighted by Crippen LogP contribution is -2.49. The molecule has 7 nitrogen and oxygen atoms in total. The minimum atomic E-state index is -0.389. The van der Waals surface area contributed by atoms with Gasteiger partial charge in [0.2, 0.25) is 5.91 Å². The second-order valence-corrected chi connectivity index (χ2v) is 6.56. The van der Waals surface area contributed by atoms with Gasteiger partial charge in [-0.05, 0) is 18.9 Å². The van der Waals surface area contributed by atoms with Crippen LogP contribution in [0.5, 0.6) is 0 Å². The fourth-order valence-corrected chi connectivity index (χ4v) is 3.65. The van der Waals surface area contributed by atoms with E-state index in [-0.39, 0.29) is 35.3 Å². The maximum absolute atomic E-state index is 12.6. The van der Waals surface area contributed by atoms with Crippen molar-refractivity contribution in [1.29, 1.82) is 0 Å². The number of hydrogen-bond acceptors (Lipinski definition) is 5. The molecule has 1 aromatic carbocycles. The zero-order chi connectivity index (χ0) is 17.1. The molecule has 25 heavy (non-hydrogen) atoms. The number of nitro groups is 1.